The summed E-state index contributed by atoms with van der Waals surface area (Å²) in [6.45, 7) is 0.0752. The minimum Gasteiger partial charge on any atom is -0.463 e. The van der Waals surface area contributed by atoms with Gasteiger partial charge in [0.05, 0.1) is 18.4 Å². The molecule has 2 aromatic rings. The predicted octanol–water partition coefficient (Wildman–Crippen LogP) is 1.88. The van der Waals surface area contributed by atoms with Crippen LogP contribution in [0.1, 0.15) is 24.0 Å². The van der Waals surface area contributed by atoms with Gasteiger partial charge in [0.1, 0.15) is 0 Å². The van der Waals surface area contributed by atoms with Crippen molar-refractivity contribution >= 4 is 17.7 Å². The van der Waals surface area contributed by atoms with Gasteiger partial charge in [-0.05, 0) is 42.5 Å². The molecule has 29 heavy (non-hydrogen) atoms. The quantitative estimate of drug-likeness (QED) is 0.531. The number of aliphatic hydroxyl groups is 1. The number of aromatic nitrogens is 2. The Hall–Kier alpha value is -3.04. The molecule has 1 aliphatic carbocycles. The number of aromatic amines is 1. The number of nitrogens with zero attached hydrogens (tertiary/aromatic N) is 2. The molecule has 1 aliphatic heterocycles. The third-order valence-electron chi connectivity index (χ3n) is 5.06. The maximum absolute atomic E-state index is 12.3. The Labute approximate surface area is 164 Å². The van der Waals surface area contributed by atoms with Gasteiger partial charge in [-0.15, -0.1) is 0 Å². The van der Waals surface area contributed by atoms with Gasteiger partial charge >= 0.3 is 18.2 Å². The molecule has 1 aromatic carbocycles. The first kappa shape index (κ1) is 19.3. The number of rotatable bonds is 4. The molecule has 1 saturated heterocycles. The Morgan fingerprint density at radius 1 is 1.34 bits per heavy atom. The second kappa shape index (κ2) is 7.41. The standard InChI is InChI=1S/C19H19F3N4O3/c20-19(21,22)7-16(27)23-9-14-10-26(18(28)29-14)13-4-5-15-11(6-13)2-1-3-12-8-24-25-17(12)15/h4-6,8,14H,1-3,7,9-10H2,(H,23,27)(H,24,25)/p+1/t14-/m0/s1. The van der Waals surface area contributed by atoms with Gasteiger partial charge in [0.15, 0.2) is 19.1 Å². The molecule has 3 N–H and O–H groups in total. The zero-order valence-corrected chi connectivity index (χ0v) is 15.4. The van der Waals surface area contributed by atoms with E-state index >= 15 is 0 Å². The first-order chi connectivity index (χ1) is 13.8. The molecule has 154 valence electrons. The monoisotopic (exact) mass is 409 g/mol. The van der Waals surface area contributed by atoms with E-state index in [2.05, 4.69) is 15.2 Å². The number of nitrogens with one attached hydrogen (secondary N) is 2. The van der Waals surface area contributed by atoms with E-state index < -0.39 is 30.7 Å². The van der Waals surface area contributed by atoms with Gasteiger partial charge in [-0.2, -0.15) is 18.3 Å². The summed E-state index contributed by atoms with van der Waals surface area (Å²) in [6, 6.07) is 5.70. The Balaban J connectivity index is 1.48. The average molecular weight is 409 g/mol. The molecule has 2 heterocycles. The fourth-order valence-corrected chi connectivity index (χ4v) is 3.72. The van der Waals surface area contributed by atoms with Gasteiger partial charge in [0.25, 0.3) is 0 Å². The molecule has 1 fully saturated rings. The van der Waals surface area contributed by atoms with Crippen LogP contribution in [0.4, 0.5) is 23.7 Å². The molecule has 1 amide bonds. The van der Waals surface area contributed by atoms with E-state index in [4.69, 9.17) is 4.74 Å². The highest BCUT2D eigenvalue weighted by Gasteiger charge is 2.36. The number of anilines is 1. The molecule has 0 saturated carbocycles. The number of amides is 1. The van der Waals surface area contributed by atoms with Crippen molar-refractivity contribution < 1.29 is 32.8 Å². The number of benzene rings is 1. The molecule has 0 bridgehead atoms. The molecule has 1 aromatic heterocycles. The van der Waals surface area contributed by atoms with Crippen LogP contribution < -0.4 is 9.89 Å². The molecule has 1 atom stereocenters. The SMILES string of the molecule is O=C1O[C@@H](C[NH+]=C(O)CC(F)(F)F)CN1c1ccc2c(c1)CCCc1cn[nH]c1-2. The predicted molar refractivity (Wildman–Crippen MR) is 97.8 cm³/mol. The molecule has 0 radical (unpaired) electrons. The lowest BCUT2D eigenvalue weighted by atomic mass is 10.0. The number of H-pyrrole nitrogens is 1. The first-order valence-electron chi connectivity index (χ1n) is 9.29. The van der Waals surface area contributed by atoms with Crippen LogP contribution in [0.15, 0.2) is 24.4 Å². The average Bonchev–Trinajstić information content (AvgIpc) is 3.21. The van der Waals surface area contributed by atoms with Gasteiger partial charge in [-0.3, -0.25) is 10.00 Å². The fourth-order valence-electron chi connectivity index (χ4n) is 3.72. The van der Waals surface area contributed by atoms with Crippen molar-refractivity contribution in [1.29, 1.82) is 0 Å². The summed E-state index contributed by atoms with van der Waals surface area (Å²) >= 11 is 0. The van der Waals surface area contributed by atoms with Crippen LogP contribution in [-0.2, 0) is 17.6 Å². The topological polar surface area (TPSA) is 92.4 Å². The van der Waals surface area contributed by atoms with E-state index in [1.54, 1.807) is 0 Å². The maximum atomic E-state index is 12.3. The minimum absolute atomic E-state index is 0.105. The van der Waals surface area contributed by atoms with Crippen LogP contribution in [0.25, 0.3) is 11.3 Å². The molecule has 4 rings (SSSR count). The highest BCUT2D eigenvalue weighted by atomic mass is 19.4. The summed E-state index contributed by atoms with van der Waals surface area (Å²) in [5, 5.41) is 16.5. The second-order valence-electron chi connectivity index (χ2n) is 7.20. The number of halogens is 3. The van der Waals surface area contributed by atoms with Gasteiger partial charge < -0.3 is 9.84 Å². The Morgan fingerprint density at radius 3 is 2.93 bits per heavy atom. The van der Waals surface area contributed by atoms with Gasteiger partial charge in [-0.1, -0.05) is 6.07 Å². The lowest BCUT2D eigenvalue weighted by molar-refractivity contribution is -0.478. The third-order valence-corrected chi connectivity index (χ3v) is 5.06. The van der Waals surface area contributed by atoms with Gasteiger partial charge in [-0.25, -0.2) is 9.79 Å². The number of hydrogen-bond acceptors (Lipinski definition) is 3. The van der Waals surface area contributed by atoms with Crippen LogP contribution in [-0.4, -0.2) is 52.7 Å². The summed E-state index contributed by atoms with van der Waals surface area (Å²) in [5.41, 5.74) is 4.97. The molecule has 10 heteroatoms. The van der Waals surface area contributed by atoms with Crippen molar-refractivity contribution in [2.45, 2.75) is 38.0 Å². The third kappa shape index (κ3) is 4.20. The normalized spacial score (nSPS) is 19.6. The smallest absolute Gasteiger partial charge is 0.414 e. The van der Waals surface area contributed by atoms with E-state index in [1.807, 2.05) is 24.4 Å². The lowest BCUT2D eigenvalue weighted by Gasteiger charge is -2.15. The molecule has 0 spiro atoms. The van der Waals surface area contributed by atoms with E-state index in [0.717, 1.165) is 41.6 Å². The van der Waals surface area contributed by atoms with Crippen LogP contribution in [0.5, 0.6) is 0 Å². The second-order valence-corrected chi connectivity index (χ2v) is 7.20. The summed E-state index contributed by atoms with van der Waals surface area (Å²) in [5.74, 6) is -0.896. The molecule has 0 unspecified atom stereocenters. The number of alkyl halides is 3. The van der Waals surface area contributed by atoms with Crippen molar-refractivity contribution in [2.24, 2.45) is 0 Å². The number of fused-ring (bicyclic) bond motifs is 3. The highest BCUT2D eigenvalue weighted by Crippen LogP contribution is 2.34. The van der Waals surface area contributed by atoms with Crippen molar-refractivity contribution in [3.63, 3.8) is 0 Å². The van der Waals surface area contributed by atoms with E-state index in [0.29, 0.717) is 5.69 Å². The summed E-state index contributed by atoms with van der Waals surface area (Å²) in [7, 11) is 0. The maximum Gasteiger partial charge on any atom is 0.414 e. The molecule has 2 aliphatic rings. The number of cyclic esters (lactones) is 1. The molecular formula is C19H20F3N4O3+. The lowest BCUT2D eigenvalue weighted by Crippen LogP contribution is -2.76. The number of carbonyl (C=O) groups is 1. The van der Waals surface area contributed by atoms with Gasteiger partial charge in [0, 0.05) is 11.3 Å². The van der Waals surface area contributed by atoms with Crippen molar-refractivity contribution in [2.75, 3.05) is 18.0 Å². The van der Waals surface area contributed by atoms with E-state index in [1.165, 1.54) is 4.90 Å². The number of carbonyl (C=O) groups excluding carboxylic acids is 1. The van der Waals surface area contributed by atoms with Crippen molar-refractivity contribution in [1.82, 2.24) is 10.2 Å². The largest absolute Gasteiger partial charge is 0.463 e. The van der Waals surface area contributed by atoms with E-state index in [9.17, 15) is 23.1 Å². The van der Waals surface area contributed by atoms with Crippen LogP contribution in [0.3, 0.4) is 0 Å². The molecule has 7 nitrogen and oxygen atoms in total. The van der Waals surface area contributed by atoms with Crippen molar-refractivity contribution in [3.05, 3.63) is 35.5 Å². The summed E-state index contributed by atoms with van der Waals surface area (Å²) < 4.78 is 42.0. The Kier molecular flexibility index (Phi) is 4.93. The zero-order chi connectivity index (χ0) is 20.6. The van der Waals surface area contributed by atoms with Crippen molar-refractivity contribution in [3.8, 4) is 11.3 Å². The van der Waals surface area contributed by atoms with Crippen LogP contribution in [0.2, 0.25) is 0 Å². The Morgan fingerprint density at radius 2 is 2.14 bits per heavy atom. The number of aryl methyl sites for hydroxylation is 2. The van der Waals surface area contributed by atoms with E-state index in [-0.39, 0.29) is 13.1 Å². The number of aliphatic hydroxyl groups excluding tert-OH is 1. The highest BCUT2D eigenvalue weighted by molar-refractivity contribution is 5.90. The van der Waals surface area contributed by atoms with Crippen LogP contribution in [0, 0.1) is 0 Å². The zero-order valence-electron chi connectivity index (χ0n) is 15.4. The molecular weight excluding hydrogens is 389 g/mol. The summed E-state index contributed by atoms with van der Waals surface area (Å²) in [6.07, 6.45) is -2.61. The summed E-state index contributed by atoms with van der Waals surface area (Å²) in [4.78, 5) is 16.0. The van der Waals surface area contributed by atoms with Crippen LogP contribution >= 0.6 is 0 Å². The van der Waals surface area contributed by atoms with Gasteiger partial charge in [0.2, 0.25) is 0 Å². The minimum atomic E-state index is -4.51. The fraction of sp³-hybridized carbons (Fsp3) is 0.421. The Bertz CT molecular complexity index is 954. The first-order valence-corrected chi connectivity index (χ1v) is 9.29. The number of hydrogen-bond donors (Lipinski definition) is 3. The number of ether oxygens (including phenoxy) is 1.